The third-order valence-corrected chi connectivity index (χ3v) is 6.61. The van der Waals surface area contributed by atoms with Crippen molar-refractivity contribution in [3.63, 3.8) is 0 Å². The number of carbonyl (C=O) groups excluding carboxylic acids is 2. The fraction of sp³-hybridized carbons (Fsp3) is 0.714. The number of amides is 2. The fourth-order valence-corrected chi connectivity index (χ4v) is 2.88. The molecule has 1 aromatic carbocycles. The average molecular weight is 508 g/mol. The lowest BCUT2D eigenvalue weighted by Gasteiger charge is -2.33. The van der Waals surface area contributed by atoms with Gasteiger partial charge in [-0.2, -0.15) is 0 Å². The SMILES string of the molecule is CC(C)C(OC[C@@H](C)C(C)C)OC(=O)N(C)c1ccc(COC(=O)N(C)CCN(C)C(C)(C)C)cc1. The van der Waals surface area contributed by atoms with Gasteiger partial charge in [-0.25, -0.2) is 9.59 Å². The van der Waals surface area contributed by atoms with E-state index in [2.05, 4.69) is 46.4 Å². The van der Waals surface area contributed by atoms with Crippen LogP contribution >= 0.6 is 0 Å². The van der Waals surface area contributed by atoms with Crippen LogP contribution in [-0.2, 0) is 20.8 Å². The molecule has 0 fully saturated rings. The monoisotopic (exact) mass is 507 g/mol. The van der Waals surface area contributed by atoms with E-state index in [4.69, 9.17) is 14.2 Å². The summed E-state index contributed by atoms with van der Waals surface area (Å²) in [5, 5.41) is 0. The first-order valence-electron chi connectivity index (χ1n) is 12.9. The number of carbonyl (C=O) groups is 2. The highest BCUT2D eigenvalue weighted by Crippen LogP contribution is 2.19. The van der Waals surface area contributed by atoms with Crippen LogP contribution < -0.4 is 4.90 Å². The maximum absolute atomic E-state index is 12.7. The molecule has 0 spiro atoms. The van der Waals surface area contributed by atoms with Crippen molar-refractivity contribution in [2.75, 3.05) is 45.7 Å². The summed E-state index contributed by atoms with van der Waals surface area (Å²) in [6.07, 6.45) is -1.46. The van der Waals surface area contributed by atoms with Crippen molar-refractivity contribution in [3.05, 3.63) is 29.8 Å². The summed E-state index contributed by atoms with van der Waals surface area (Å²) in [5.74, 6) is 0.893. The molecule has 2 amide bonds. The van der Waals surface area contributed by atoms with Crippen LogP contribution in [0.25, 0.3) is 0 Å². The highest BCUT2D eigenvalue weighted by molar-refractivity contribution is 5.87. The number of nitrogens with zero attached hydrogens (tertiary/aromatic N) is 3. The molecule has 0 aliphatic heterocycles. The van der Waals surface area contributed by atoms with Gasteiger partial charge in [0.2, 0.25) is 6.29 Å². The third kappa shape index (κ3) is 10.7. The van der Waals surface area contributed by atoms with Gasteiger partial charge in [0, 0.05) is 44.3 Å². The number of hydrogen-bond acceptors (Lipinski definition) is 6. The zero-order valence-corrected chi connectivity index (χ0v) is 24.3. The molecule has 206 valence electrons. The summed E-state index contributed by atoms with van der Waals surface area (Å²) < 4.78 is 17.0. The lowest BCUT2D eigenvalue weighted by Crippen LogP contribution is -2.43. The maximum Gasteiger partial charge on any atom is 0.416 e. The molecule has 0 aliphatic carbocycles. The lowest BCUT2D eigenvalue weighted by molar-refractivity contribution is -0.137. The Morgan fingerprint density at radius 2 is 1.44 bits per heavy atom. The number of likely N-dealkylation sites (N-methyl/N-ethyl adjacent to an activating group) is 2. The van der Waals surface area contributed by atoms with E-state index in [1.807, 2.05) is 33.0 Å². The Balaban J connectivity index is 2.59. The molecule has 0 N–H and O–H groups in total. The van der Waals surface area contributed by atoms with E-state index in [9.17, 15) is 9.59 Å². The summed E-state index contributed by atoms with van der Waals surface area (Å²) in [4.78, 5) is 30.3. The molecule has 8 nitrogen and oxygen atoms in total. The van der Waals surface area contributed by atoms with Gasteiger partial charge in [0.1, 0.15) is 6.61 Å². The second-order valence-electron chi connectivity index (χ2n) is 11.3. The molecule has 1 aromatic rings. The normalized spacial score (nSPS) is 13.6. The number of rotatable bonds is 12. The highest BCUT2D eigenvalue weighted by atomic mass is 16.7. The van der Waals surface area contributed by atoms with Crippen molar-refractivity contribution < 1.29 is 23.8 Å². The minimum Gasteiger partial charge on any atom is -0.445 e. The first kappa shape index (κ1) is 31.7. The second-order valence-corrected chi connectivity index (χ2v) is 11.3. The van der Waals surface area contributed by atoms with Gasteiger partial charge >= 0.3 is 12.2 Å². The van der Waals surface area contributed by atoms with Crippen LogP contribution in [0.4, 0.5) is 15.3 Å². The van der Waals surface area contributed by atoms with Crippen molar-refractivity contribution in [3.8, 4) is 0 Å². The van der Waals surface area contributed by atoms with Crippen LogP contribution in [0, 0.1) is 17.8 Å². The molecule has 0 heterocycles. The predicted molar refractivity (Wildman–Crippen MR) is 145 cm³/mol. The lowest BCUT2D eigenvalue weighted by atomic mass is 9.99. The number of hydrogen-bond donors (Lipinski definition) is 0. The first-order chi connectivity index (χ1) is 16.6. The molecule has 36 heavy (non-hydrogen) atoms. The summed E-state index contributed by atoms with van der Waals surface area (Å²) in [7, 11) is 5.44. The summed E-state index contributed by atoms with van der Waals surface area (Å²) >= 11 is 0. The molecule has 2 atom stereocenters. The van der Waals surface area contributed by atoms with E-state index >= 15 is 0 Å². The first-order valence-corrected chi connectivity index (χ1v) is 12.9. The minimum atomic E-state index is -0.611. The number of benzene rings is 1. The van der Waals surface area contributed by atoms with Crippen LogP contribution in [0.5, 0.6) is 0 Å². The Morgan fingerprint density at radius 1 is 0.861 bits per heavy atom. The molecular formula is C28H49N3O5. The second kappa shape index (κ2) is 14.4. The minimum absolute atomic E-state index is 0.0331. The Labute approximate surface area is 218 Å². The van der Waals surface area contributed by atoms with Crippen LogP contribution in [0.3, 0.4) is 0 Å². The maximum atomic E-state index is 12.7. The van der Waals surface area contributed by atoms with Crippen molar-refractivity contribution >= 4 is 17.9 Å². The highest BCUT2D eigenvalue weighted by Gasteiger charge is 2.24. The standard InChI is InChI=1S/C28H49N3O5/c1-20(2)22(5)18-34-25(21(3)4)36-27(33)31(11)24-14-12-23(13-15-24)19-35-26(32)29(9)16-17-30(10)28(6,7)8/h12-15,20-22,25H,16-19H2,1-11H3/t22-,25?/m1/s1. The molecule has 8 heteroatoms. The van der Waals surface area contributed by atoms with E-state index in [1.54, 1.807) is 31.1 Å². The van der Waals surface area contributed by atoms with Crippen molar-refractivity contribution in [2.24, 2.45) is 17.8 Å². The molecule has 0 radical (unpaired) electrons. The third-order valence-electron chi connectivity index (χ3n) is 6.61. The van der Waals surface area contributed by atoms with Crippen molar-refractivity contribution in [2.45, 2.75) is 73.8 Å². The fourth-order valence-electron chi connectivity index (χ4n) is 2.88. The quantitative estimate of drug-likeness (QED) is 0.331. The molecule has 0 aliphatic rings. The zero-order valence-electron chi connectivity index (χ0n) is 24.3. The van der Waals surface area contributed by atoms with Crippen LogP contribution in [0.15, 0.2) is 24.3 Å². The molecule has 0 bridgehead atoms. The zero-order chi connectivity index (χ0) is 27.6. The van der Waals surface area contributed by atoms with Gasteiger partial charge in [0.05, 0.1) is 6.61 Å². The summed E-state index contributed by atoms with van der Waals surface area (Å²) in [6.45, 7) is 18.8. The molecule has 0 saturated heterocycles. The van der Waals surface area contributed by atoms with Crippen LogP contribution in [0.2, 0.25) is 0 Å². The Hall–Kier alpha value is -2.32. The van der Waals surface area contributed by atoms with Crippen molar-refractivity contribution in [1.29, 1.82) is 0 Å². The van der Waals surface area contributed by atoms with Gasteiger partial charge in [-0.3, -0.25) is 9.80 Å². The van der Waals surface area contributed by atoms with Gasteiger partial charge in [-0.05, 0) is 57.4 Å². The average Bonchev–Trinajstić information content (AvgIpc) is 2.81. The summed E-state index contributed by atoms with van der Waals surface area (Å²) in [5.41, 5.74) is 1.55. The van der Waals surface area contributed by atoms with Crippen molar-refractivity contribution in [1.82, 2.24) is 9.80 Å². The van der Waals surface area contributed by atoms with E-state index in [-0.39, 0.29) is 24.2 Å². The molecular weight excluding hydrogens is 458 g/mol. The predicted octanol–water partition coefficient (Wildman–Crippen LogP) is 5.85. The molecule has 1 rings (SSSR count). The van der Waals surface area contributed by atoms with Gasteiger partial charge in [0.15, 0.2) is 0 Å². The Morgan fingerprint density at radius 3 is 1.94 bits per heavy atom. The van der Waals surface area contributed by atoms with Crippen LogP contribution in [0.1, 0.15) is 61.0 Å². The number of anilines is 1. The smallest absolute Gasteiger partial charge is 0.416 e. The van der Waals surface area contributed by atoms with E-state index in [1.165, 1.54) is 4.90 Å². The van der Waals surface area contributed by atoms with E-state index in [0.29, 0.717) is 30.7 Å². The molecule has 0 saturated carbocycles. The van der Waals surface area contributed by atoms with Crippen LogP contribution in [-0.4, -0.2) is 74.7 Å². The largest absolute Gasteiger partial charge is 0.445 e. The van der Waals surface area contributed by atoms with E-state index < -0.39 is 12.4 Å². The van der Waals surface area contributed by atoms with Gasteiger partial charge in [0.25, 0.3) is 0 Å². The topological polar surface area (TPSA) is 71.5 Å². The number of ether oxygens (including phenoxy) is 3. The van der Waals surface area contributed by atoms with Gasteiger partial charge in [-0.1, -0.05) is 46.8 Å². The van der Waals surface area contributed by atoms with Gasteiger partial charge in [-0.15, -0.1) is 0 Å². The van der Waals surface area contributed by atoms with E-state index in [0.717, 1.165) is 12.1 Å². The summed E-state index contributed by atoms with van der Waals surface area (Å²) in [6, 6.07) is 7.28. The Kier molecular flexibility index (Phi) is 12.7. The molecule has 0 aromatic heterocycles. The Bertz CT molecular complexity index is 804. The van der Waals surface area contributed by atoms with Gasteiger partial charge < -0.3 is 19.1 Å². The molecule has 1 unspecified atom stereocenters.